The summed E-state index contributed by atoms with van der Waals surface area (Å²) in [4.78, 5) is 11.8. The third kappa shape index (κ3) is 3.79. The summed E-state index contributed by atoms with van der Waals surface area (Å²) >= 11 is 7.01. The van der Waals surface area contributed by atoms with Crippen molar-refractivity contribution in [2.45, 2.75) is 19.1 Å². The Morgan fingerprint density at radius 2 is 2.40 bits per heavy atom. The van der Waals surface area contributed by atoms with Crippen molar-refractivity contribution in [1.82, 2.24) is 5.32 Å². The Balaban J connectivity index is 2.43. The Morgan fingerprint density at radius 1 is 1.73 bits per heavy atom. The van der Waals surface area contributed by atoms with E-state index in [2.05, 4.69) is 5.32 Å². The molecule has 1 rings (SSSR count). The quantitative estimate of drug-likeness (QED) is 0.741. The number of aliphatic hydroxyl groups is 1. The summed E-state index contributed by atoms with van der Waals surface area (Å²) in [6.45, 7) is 1.74. The van der Waals surface area contributed by atoms with Crippen molar-refractivity contribution < 1.29 is 9.90 Å². The van der Waals surface area contributed by atoms with Gasteiger partial charge in [-0.25, -0.2) is 0 Å². The minimum absolute atomic E-state index is 0.150. The summed E-state index contributed by atoms with van der Waals surface area (Å²) in [5.41, 5.74) is 5.35. The topological polar surface area (TPSA) is 75.4 Å². The van der Waals surface area contributed by atoms with Gasteiger partial charge in [0.1, 0.15) is 6.10 Å². The second-order valence-corrected chi connectivity index (χ2v) is 4.94. The first-order valence-electron chi connectivity index (χ1n) is 4.47. The summed E-state index contributed by atoms with van der Waals surface area (Å²) in [5, 5.41) is 12.2. The van der Waals surface area contributed by atoms with Gasteiger partial charge in [-0.2, -0.15) is 0 Å². The molecule has 6 heteroatoms. The average Bonchev–Trinajstić information content (AvgIpc) is 2.60. The van der Waals surface area contributed by atoms with Crippen LogP contribution in [-0.4, -0.2) is 23.6 Å². The molecule has 1 heterocycles. The smallest absolute Gasteiger partial charge is 0.236 e. The Morgan fingerprint density at radius 3 is 2.87 bits per heavy atom. The number of thiophene rings is 1. The van der Waals surface area contributed by atoms with Gasteiger partial charge in [0.15, 0.2) is 0 Å². The molecular weight excluding hydrogens is 236 g/mol. The largest absolute Gasteiger partial charge is 0.386 e. The molecule has 0 fully saturated rings. The molecule has 4 N–H and O–H groups in total. The Kier molecular flexibility index (Phi) is 4.53. The van der Waals surface area contributed by atoms with E-state index in [4.69, 9.17) is 17.3 Å². The van der Waals surface area contributed by atoms with E-state index in [9.17, 15) is 9.90 Å². The maximum atomic E-state index is 11.1. The van der Waals surface area contributed by atoms with Crippen molar-refractivity contribution >= 4 is 28.8 Å². The van der Waals surface area contributed by atoms with Crippen molar-refractivity contribution in [3.63, 3.8) is 0 Å². The number of nitrogens with one attached hydrogen (secondary N) is 1. The van der Waals surface area contributed by atoms with E-state index in [1.54, 1.807) is 19.1 Å². The van der Waals surface area contributed by atoms with Crippen molar-refractivity contribution in [3.8, 4) is 0 Å². The van der Waals surface area contributed by atoms with E-state index in [0.717, 1.165) is 4.88 Å². The molecule has 0 aliphatic carbocycles. The second kappa shape index (κ2) is 5.46. The van der Waals surface area contributed by atoms with E-state index in [1.165, 1.54) is 11.3 Å². The molecule has 0 bridgehead atoms. The molecule has 4 nitrogen and oxygen atoms in total. The predicted molar refractivity (Wildman–Crippen MR) is 60.9 cm³/mol. The highest BCUT2D eigenvalue weighted by molar-refractivity contribution is 7.16. The van der Waals surface area contributed by atoms with Crippen LogP contribution in [0.1, 0.15) is 17.9 Å². The fourth-order valence-corrected chi connectivity index (χ4v) is 2.01. The van der Waals surface area contributed by atoms with Gasteiger partial charge in [-0.05, 0) is 19.1 Å². The van der Waals surface area contributed by atoms with Crippen molar-refractivity contribution in [2.24, 2.45) is 5.73 Å². The fourth-order valence-electron chi connectivity index (χ4n) is 0.966. The summed E-state index contributed by atoms with van der Waals surface area (Å²) in [7, 11) is 0. The van der Waals surface area contributed by atoms with Crippen LogP contribution >= 0.6 is 22.9 Å². The van der Waals surface area contributed by atoms with Gasteiger partial charge in [-0.3, -0.25) is 4.79 Å². The first-order chi connectivity index (χ1) is 7.00. The van der Waals surface area contributed by atoms with Gasteiger partial charge in [0.05, 0.1) is 10.4 Å². The lowest BCUT2D eigenvalue weighted by Crippen LogP contribution is -2.40. The highest BCUT2D eigenvalue weighted by Gasteiger charge is 2.13. The molecule has 0 radical (unpaired) electrons. The van der Waals surface area contributed by atoms with Gasteiger partial charge in [0.25, 0.3) is 0 Å². The molecule has 1 unspecified atom stereocenters. The number of carbonyl (C=O) groups excluding carboxylic acids is 1. The molecule has 15 heavy (non-hydrogen) atoms. The Labute approximate surface area is 97.0 Å². The maximum absolute atomic E-state index is 11.1. The van der Waals surface area contributed by atoms with E-state index in [0.29, 0.717) is 4.34 Å². The lowest BCUT2D eigenvalue weighted by atomic mass is 10.2. The minimum Gasteiger partial charge on any atom is -0.386 e. The summed E-state index contributed by atoms with van der Waals surface area (Å²) in [6.07, 6.45) is -0.731. The molecule has 0 saturated heterocycles. The number of halogens is 1. The van der Waals surface area contributed by atoms with Crippen LogP contribution < -0.4 is 11.1 Å². The minimum atomic E-state index is -0.731. The monoisotopic (exact) mass is 248 g/mol. The molecule has 0 aliphatic heterocycles. The molecule has 1 aromatic rings. The zero-order chi connectivity index (χ0) is 11.4. The van der Waals surface area contributed by atoms with Gasteiger partial charge in [-0.15, -0.1) is 11.3 Å². The number of rotatable bonds is 4. The summed E-state index contributed by atoms with van der Waals surface area (Å²) in [5.74, 6) is -0.281. The molecular formula is C9H13ClN2O2S. The standard InChI is InChI=1S/C9H13ClN2O2S/c1-5(11)9(14)12-4-6(13)7-2-3-8(10)15-7/h2-3,5-6,13H,4,11H2,1H3,(H,12,14)/t5-,6?/m0/s1. The van der Waals surface area contributed by atoms with Crippen LogP contribution in [-0.2, 0) is 4.79 Å². The summed E-state index contributed by atoms with van der Waals surface area (Å²) < 4.78 is 0.613. The molecule has 1 aromatic heterocycles. The summed E-state index contributed by atoms with van der Waals surface area (Å²) in [6, 6.07) is 2.87. The van der Waals surface area contributed by atoms with Crippen molar-refractivity contribution in [3.05, 3.63) is 21.3 Å². The zero-order valence-electron chi connectivity index (χ0n) is 8.24. The van der Waals surface area contributed by atoms with Crippen LogP contribution in [0.3, 0.4) is 0 Å². The van der Waals surface area contributed by atoms with Gasteiger partial charge >= 0.3 is 0 Å². The van der Waals surface area contributed by atoms with Gasteiger partial charge in [-0.1, -0.05) is 11.6 Å². The van der Waals surface area contributed by atoms with Gasteiger partial charge < -0.3 is 16.2 Å². The maximum Gasteiger partial charge on any atom is 0.236 e. The first-order valence-corrected chi connectivity index (χ1v) is 5.66. The third-order valence-corrected chi connectivity index (χ3v) is 3.14. The van der Waals surface area contributed by atoms with Gasteiger partial charge in [0.2, 0.25) is 5.91 Å². The van der Waals surface area contributed by atoms with Crippen LogP contribution in [0.15, 0.2) is 12.1 Å². The van der Waals surface area contributed by atoms with Crippen LogP contribution in [0.5, 0.6) is 0 Å². The molecule has 0 saturated carbocycles. The predicted octanol–water partition coefficient (Wildman–Crippen LogP) is 0.898. The highest BCUT2D eigenvalue weighted by Crippen LogP contribution is 2.26. The number of nitrogens with two attached hydrogens (primary N) is 1. The lowest BCUT2D eigenvalue weighted by molar-refractivity contribution is -0.122. The number of hydrogen-bond donors (Lipinski definition) is 3. The SMILES string of the molecule is C[C@H](N)C(=O)NCC(O)c1ccc(Cl)s1. The van der Waals surface area contributed by atoms with Crippen LogP contribution in [0.4, 0.5) is 0 Å². The second-order valence-electron chi connectivity index (χ2n) is 3.19. The number of hydrogen-bond acceptors (Lipinski definition) is 4. The average molecular weight is 249 g/mol. The molecule has 0 aromatic carbocycles. The number of carbonyl (C=O) groups is 1. The Bertz CT molecular complexity index is 341. The normalized spacial score (nSPS) is 14.7. The van der Waals surface area contributed by atoms with E-state index >= 15 is 0 Å². The Hall–Kier alpha value is -0.620. The number of amides is 1. The highest BCUT2D eigenvalue weighted by atomic mass is 35.5. The third-order valence-electron chi connectivity index (χ3n) is 1.81. The van der Waals surface area contributed by atoms with E-state index in [1.807, 2.05) is 0 Å². The zero-order valence-corrected chi connectivity index (χ0v) is 9.81. The molecule has 84 valence electrons. The van der Waals surface area contributed by atoms with Crippen LogP contribution in [0.2, 0.25) is 4.34 Å². The molecule has 0 aliphatic rings. The fraction of sp³-hybridized carbons (Fsp3) is 0.444. The van der Waals surface area contributed by atoms with Gasteiger partial charge in [0, 0.05) is 11.4 Å². The van der Waals surface area contributed by atoms with Crippen LogP contribution in [0, 0.1) is 0 Å². The molecule has 0 spiro atoms. The van der Waals surface area contributed by atoms with E-state index < -0.39 is 12.1 Å². The first kappa shape index (κ1) is 12.4. The van der Waals surface area contributed by atoms with Crippen LogP contribution in [0.25, 0.3) is 0 Å². The molecule has 2 atom stereocenters. The van der Waals surface area contributed by atoms with E-state index in [-0.39, 0.29) is 12.5 Å². The molecule has 1 amide bonds. The van der Waals surface area contributed by atoms with Crippen molar-refractivity contribution in [1.29, 1.82) is 0 Å². The number of aliphatic hydroxyl groups excluding tert-OH is 1. The lowest BCUT2D eigenvalue weighted by Gasteiger charge is -2.11. The van der Waals surface area contributed by atoms with Crippen molar-refractivity contribution in [2.75, 3.05) is 6.54 Å².